The number of hydrogen-bond donors (Lipinski definition) is 1. The molecule has 0 bridgehead atoms. The predicted molar refractivity (Wildman–Crippen MR) is 113 cm³/mol. The lowest BCUT2D eigenvalue weighted by molar-refractivity contribution is -0.152. The van der Waals surface area contributed by atoms with Crippen LogP contribution in [0.2, 0.25) is 0 Å². The molecule has 160 valence electrons. The predicted octanol–water partition coefficient (Wildman–Crippen LogP) is 2.60. The lowest BCUT2D eigenvalue weighted by atomic mass is 9.72. The van der Waals surface area contributed by atoms with Gasteiger partial charge in [0.2, 0.25) is 0 Å². The Morgan fingerprint density at radius 3 is 2.73 bits per heavy atom. The van der Waals surface area contributed by atoms with Gasteiger partial charge in [0.05, 0.1) is 12.5 Å². The number of hydrogen-bond acceptors (Lipinski definition) is 4. The fourth-order valence-corrected chi connectivity index (χ4v) is 4.98. The summed E-state index contributed by atoms with van der Waals surface area (Å²) >= 11 is 0. The molecule has 0 saturated carbocycles. The highest BCUT2D eigenvalue weighted by atomic mass is 16.5. The molecule has 0 unspecified atom stereocenters. The highest BCUT2D eigenvalue weighted by Crippen LogP contribution is 2.40. The van der Waals surface area contributed by atoms with Gasteiger partial charge in [0.25, 0.3) is 5.91 Å². The number of allylic oxidation sites excluding steroid dienone is 1. The molecule has 1 aromatic carbocycles. The van der Waals surface area contributed by atoms with E-state index in [1.807, 2.05) is 43.9 Å². The standard InChI is InChI=1S/C23H29N3O4/c1-4-30-22(28)20-15(3)6-8-17-12-25(13-18(17)20)21(27)16-7-5-14(2)19(11-16)26-10-9-24-23(26)29/h5-8,11,15,17-18,20H,4,9-10,12-13H2,1-3H3,(H,24,29)/t15-,17-,18+,20+/m0/s1. The second kappa shape index (κ2) is 8.13. The zero-order valence-electron chi connectivity index (χ0n) is 17.8. The van der Waals surface area contributed by atoms with Gasteiger partial charge in [-0.05, 0) is 49.3 Å². The van der Waals surface area contributed by atoms with Crippen LogP contribution in [0.1, 0.15) is 29.8 Å². The fourth-order valence-electron chi connectivity index (χ4n) is 4.98. The van der Waals surface area contributed by atoms with Gasteiger partial charge in [-0.1, -0.05) is 25.1 Å². The zero-order chi connectivity index (χ0) is 21.4. The normalized spacial score (nSPS) is 27.8. The molecule has 7 nitrogen and oxygen atoms in total. The number of esters is 1. The quantitative estimate of drug-likeness (QED) is 0.610. The zero-order valence-corrected chi connectivity index (χ0v) is 17.8. The highest BCUT2D eigenvalue weighted by Gasteiger charge is 2.46. The number of likely N-dealkylation sites (tertiary alicyclic amines) is 1. The van der Waals surface area contributed by atoms with E-state index < -0.39 is 0 Å². The van der Waals surface area contributed by atoms with Gasteiger partial charge < -0.3 is 15.0 Å². The molecule has 4 rings (SSSR count). The van der Waals surface area contributed by atoms with E-state index in [0.29, 0.717) is 38.3 Å². The molecular formula is C23H29N3O4. The molecule has 2 heterocycles. The van der Waals surface area contributed by atoms with E-state index in [0.717, 1.165) is 11.3 Å². The molecule has 7 heteroatoms. The van der Waals surface area contributed by atoms with Gasteiger partial charge in [0.15, 0.2) is 0 Å². The van der Waals surface area contributed by atoms with E-state index in [4.69, 9.17) is 4.74 Å². The Kier molecular flexibility index (Phi) is 5.54. The van der Waals surface area contributed by atoms with Crippen LogP contribution in [-0.4, -0.2) is 55.6 Å². The van der Waals surface area contributed by atoms with Gasteiger partial charge in [0, 0.05) is 37.4 Å². The summed E-state index contributed by atoms with van der Waals surface area (Å²) in [5.41, 5.74) is 2.29. The van der Waals surface area contributed by atoms with Gasteiger partial charge in [-0.15, -0.1) is 0 Å². The van der Waals surface area contributed by atoms with Crippen molar-refractivity contribution in [2.24, 2.45) is 23.7 Å². The van der Waals surface area contributed by atoms with Crippen molar-refractivity contribution in [1.29, 1.82) is 0 Å². The Balaban J connectivity index is 1.55. The van der Waals surface area contributed by atoms with Crippen LogP contribution in [0.5, 0.6) is 0 Å². The second-order valence-electron chi connectivity index (χ2n) is 8.44. The van der Waals surface area contributed by atoms with Crippen molar-refractivity contribution < 1.29 is 19.1 Å². The number of carbonyl (C=O) groups excluding carboxylic acids is 3. The average Bonchev–Trinajstić information content (AvgIpc) is 3.34. The number of anilines is 1. The topological polar surface area (TPSA) is 79.0 Å². The summed E-state index contributed by atoms with van der Waals surface area (Å²) in [6, 6.07) is 5.39. The van der Waals surface area contributed by atoms with Crippen molar-refractivity contribution in [3.8, 4) is 0 Å². The van der Waals surface area contributed by atoms with Gasteiger partial charge in [-0.3, -0.25) is 14.5 Å². The van der Waals surface area contributed by atoms with Crippen LogP contribution in [0, 0.1) is 30.6 Å². The van der Waals surface area contributed by atoms with E-state index >= 15 is 0 Å². The van der Waals surface area contributed by atoms with Gasteiger partial charge in [0.1, 0.15) is 0 Å². The molecule has 3 aliphatic rings. The number of nitrogens with one attached hydrogen (secondary N) is 1. The average molecular weight is 412 g/mol. The molecule has 3 amide bonds. The van der Waals surface area contributed by atoms with E-state index in [2.05, 4.69) is 17.5 Å². The van der Waals surface area contributed by atoms with Crippen LogP contribution in [0.3, 0.4) is 0 Å². The number of fused-ring (bicyclic) bond motifs is 1. The van der Waals surface area contributed by atoms with E-state index in [9.17, 15) is 14.4 Å². The molecule has 1 aliphatic carbocycles. The fraction of sp³-hybridized carbons (Fsp3) is 0.522. The number of benzene rings is 1. The second-order valence-corrected chi connectivity index (χ2v) is 8.44. The lowest BCUT2D eigenvalue weighted by Crippen LogP contribution is -2.37. The van der Waals surface area contributed by atoms with Crippen LogP contribution >= 0.6 is 0 Å². The van der Waals surface area contributed by atoms with Crippen molar-refractivity contribution >= 4 is 23.6 Å². The Labute approximate surface area is 177 Å². The lowest BCUT2D eigenvalue weighted by Gasteiger charge is -2.31. The summed E-state index contributed by atoms with van der Waals surface area (Å²) in [4.78, 5) is 41.5. The maximum atomic E-state index is 13.3. The number of amides is 3. The first-order valence-corrected chi connectivity index (χ1v) is 10.7. The first kappa shape index (κ1) is 20.4. The third-order valence-electron chi connectivity index (χ3n) is 6.55. The molecule has 2 saturated heterocycles. The van der Waals surface area contributed by atoms with E-state index in [-0.39, 0.29) is 41.6 Å². The summed E-state index contributed by atoms with van der Waals surface area (Å²) in [5.74, 6) is -0.124. The first-order chi connectivity index (χ1) is 14.4. The van der Waals surface area contributed by atoms with Crippen molar-refractivity contribution in [3.05, 3.63) is 41.5 Å². The third kappa shape index (κ3) is 3.57. The van der Waals surface area contributed by atoms with Crippen LogP contribution in [0.15, 0.2) is 30.4 Å². The third-order valence-corrected chi connectivity index (χ3v) is 6.55. The number of aryl methyl sites for hydroxylation is 1. The minimum Gasteiger partial charge on any atom is -0.466 e. The summed E-state index contributed by atoms with van der Waals surface area (Å²) in [7, 11) is 0. The molecule has 30 heavy (non-hydrogen) atoms. The Morgan fingerprint density at radius 2 is 2.03 bits per heavy atom. The minimum atomic E-state index is -0.223. The van der Waals surface area contributed by atoms with Gasteiger partial charge >= 0.3 is 12.0 Å². The van der Waals surface area contributed by atoms with Gasteiger partial charge in [-0.2, -0.15) is 0 Å². The molecule has 0 spiro atoms. The van der Waals surface area contributed by atoms with Crippen molar-refractivity contribution in [3.63, 3.8) is 0 Å². The molecule has 4 atom stereocenters. The Hall–Kier alpha value is -2.83. The maximum absolute atomic E-state index is 13.3. The molecule has 2 aliphatic heterocycles. The van der Waals surface area contributed by atoms with Crippen molar-refractivity contribution in [1.82, 2.24) is 10.2 Å². The molecule has 0 radical (unpaired) electrons. The molecule has 2 fully saturated rings. The van der Waals surface area contributed by atoms with Gasteiger partial charge in [-0.25, -0.2) is 4.79 Å². The van der Waals surface area contributed by atoms with Crippen LogP contribution in [0.25, 0.3) is 0 Å². The van der Waals surface area contributed by atoms with Crippen LogP contribution in [-0.2, 0) is 9.53 Å². The largest absolute Gasteiger partial charge is 0.466 e. The molecule has 1 N–H and O–H groups in total. The van der Waals surface area contributed by atoms with Crippen molar-refractivity contribution in [2.45, 2.75) is 20.8 Å². The minimum absolute atomic E-state index is 0.0612. The molecule has 1 aromatic rings. The smallest absolute Gasteiger partial charge is 0.322 e. The summed E-state index contributed by atoms with van der Waals surface area (Å²) in [5, 5.41) is 2.80. The monoisotopic (exact) mass is 411 g/mol. The number of urea groups is 1. The number of rotatable bonds is 4. The molecular weight excluding hydrogens is 382 g/mol. The Bertz CT molecular complexity index is 896. The first-order valence-electron chi connectivity index (χ1n) is 10.7. The highest BCUT2D eigenvalue weighted by molar-refractivity contribution is 5.99. The van der Waals surface area contributed by atoms with E-state index in [1.165, 1.54) is 0 Å². The SMILES string of the molecule is CCOC(=O)[C@H]1[C@@H]2CN(C(=O)c3ccc(C)c(N4CCNC4=O)c3)C[C@@H]2C=C[C@@H]1C. The number of nitrogens with zero attached hydrogens (tertiary/aromatic N) is 2. The Morgan fingerprint density at radius 1 is 1.23 bits per heavy atom. The summed E-state index contributed by atoms with van der Waals surface area (Å²) in [6.07, 6.45) is 4.22. The maximum Gasteiger partial charge on any atom is 0.322 e. The summed E-state index contributed by atoms with van der Waals surface area (Å²) < 4.78 is 5.32. The summed E-state index contributed by atoms with van der Waals surface area (Å²) in [6.45, 7) is 8.48. The van der Waals surface area contributed by atoms with E-state index in [1.54, 1.807) is 4.90 Å². The number of carbonyl (C=O) groups is 3. The van der Waals surface area contributed by atoms with Crippen LogP contribution in [0.4, 0.5) is 10.5 Å². The van der Waals surface area contributed by atoms with Crippen molar-refractivity contribution in [2.75, 3.05) is 37.7 Å². The number of ether oxygens (including phenoxy) is 1. The molecule has 0 aromatic heterocycles. The van der Waals surface area contributed by atoms with Crippen LogP contribution < -0.4 is 10.2 Å².